The fraction of sp³-hybridized carbons (Fsp3) is 0.463. The summed E-state index contributed by atoms with van der Waals surface area (Å²) in [7, 11) is 0. The van der Waals surface area contributed by atoms with Crippen LogP contribution in [0.1, 0.15) is 76.3 Å². The smallest absolute Gasteiger partial charge is 0.234 e. The van der Waals surface area contributed by atoms with Crippen molar-refractivity contribution in [3.8, 4) is 5.75 Å². The van der Waals surface area contributed by atoms with Gasteiger partial charge in [0.1, 0.15) is 5.75 Å². The predicted octanol–water partition coefficient (Wildman–Crippen LogP) is 6.85. The van der Waals surface area contributed by atoms with Crippen molar-refractivity contribution in [2.45, 2.75) is 83.9 Å². The van der Waals surface area contributed by atoms with Crippen molar-refractivity contribution in [1.29, 1.82) is 0 Å². The average molecular weight is 651 g/mol. The highest BCUT2D eigenvalue weighted by Crippen LogP contribution is 2.48. The maximum atomic E-state index is 14.1. The molecule has 6 rings (SSSR count). The van der Waals surface area contributed by atoms with E-state index in [0.717, 1.165) is 79.2 Å². The number of piperidine rings is 1. The molecular formula is C41H50N2O5. The van der Waals surface area contributed by atoms with Gasteiger partial charge in [0, 0.05) is 37.0 Å². The molecule has 4 atom stereocenters. The Balaban J connectivity index is 1.17. The van der Waals surface area contributed by atoms with Crippen LogP contribution in [0.25, 0.3) is 16.8 Å². The maximum Gasteiger partial charge on any atom is 0.234 e. The zero-order chi connectivity index (χ0) is 33.8. The van der Waals surface area contributed by atoms with E-state index in [2.05, 4.69) is 37.0 Å². The van der Waals surface area contributed by atoms with Crippen molar-refractivity contribution in [1.82, 2.24) is 9.80 Å². The molecule has 2 fully saturated rings. The number of allylic oxidation sites excluding steroid dienone is 2. The van der Waals surface area contributed by atoms with E-state index in [-0.39, 0.29) is 30.2 Å². The van der Waals surface area contributed by atoms with Crippen LogP contribution in [-0.2, 0) is 16.1 Å². The summed E-state index contributed by atoms with van der Waals surface area (Å²) in [6.07, 6.45) is 6.85. The van der Waals surface area contributed by atoms with Gasteiger partial charge in [0.15, 0.2) is 0 Å². The number of carbonyl (C=O) groups excluding carboxylic acids is 2. The van der Waals surface area contributed by atoms with Crippen LogP contribution in [0.4, 0.5) is 0 Å². The van der Waals surface area contributed by atoms with Crippen LogP contribution in [0.3, 0.4) is 0 Å². The first-order chi connectivity index (χ1) is 23.3. The third-order valence-electron chi connectivity index (χ3n) is 11.0. The Labute approximate surface area is 284 Å². The second-order valence-corrected chi connectivity index (χ2v) is 13.9. The molecule has 2 aliphatic heterocycles. The molecule has 1 aliphatic carbocycles. The van der Waals surface area contributed by atoms with Crippen LogP contribution >= 0.6 is 0 Å². The monoisotopic (exact) mass is 650 g/mol. The van der Waals surface area contributed by atoms with Gasteiger partial charge in [0.25, 0.3) is 0 Å². The Morgan fingerprint density at radius 2 is 1.65 bits per heavy atom. The number of carbonyl (C=O) groups is 2. The number of hydrogen-bond donors (Lipinski definition) is 3. The molecule has 3 aliphatic rings. The summed E-state index contributed by atoms with van der Waals surface area (Å²) in [5.41, 5.74) is 5.28. The largest absolute Gasteiger partial charge is 0.507 e. The molecule has 7 heteroatoms. The molecule has 0 aromatic heterocycles. The predicted molar refractivity (Wildman–Crippen MR) is 190 cm³/mol. The van der Waals surface area contributed by atoms with E-state index in [4.69, 9.17) is 0 Å². The molecule has 0 saturated carbocycles. The number of amides is 2. The van der Waals surface area contributed by atoms with Gasteiger partial charge in [-0.1, -0.05) is 98.2 Å². The topological polar surface area (TPSA) is 101 Å². The lowest BCUT2D eigenvalue weighted by Gasteiger charge is -2.37. The number of aliphatic hydroxyl groups excluding tert-OH is 2. The molecule has 3 N–H and O–H groups in total. The second kappa shape index (κ2) is 15.2. The molecule has 0 spiro atoms. The molecule has 0 unspecified atom stereocenters. The van der Waals surface area contributed by atoms with Crippen LogP contribution < -0.4 is 0 Å². The van der Waals surface area contributed by atoms with Gasteiger partial charge >= 0.3 is 0 Å². The van der Waals surface area contributed by atoms with E-state index in [0.29, 0.717) is 19.3 Å². The third kappa shape index (κ3) is 6.87. The first kappa shape index (κ1) is 34.1. The Morgan fingerprint density at radius 1 is 0.938 bits per heavy atom. The summed E-state index contributed by atoms with van der Waals surface area (Å²) in [6, 6.07) is 21.7. The molecule has 3 aromatic carbocycles. The number of rotatable bonds is 12. The summed E-state index contributed by atoms with van der Waals surface area (Å²) in [5, 5.41) is 34.7. The van der Waals surface area contributed by atoms with E-state index in [9.17, 15) is 24.9 Å². The Hall–Kier alpha value is -3.78. The standard InChI is InChI=1S/C41H50N2O5/c1-3-10-30-24-34-39(41(48)43(40(34)47)31-19-21-42(22-20-31)25-28-11-6-5-7-12-28)35(26-44)38(30)37(46)17-15-27(4-2)23-29-16-18-36(45)33-14-9-8-13-32(29)33/h5-9,11-14,16,18,23,31,34-35,37,39,44-46H,3-4,10,15,17,19-22,24-26H2,1-2H3/b27-23+/t34-,35+,37-,39-/m1/s1. The van der Waals surface area contributed by atoms with Gasteiger partial charge < -0.3 is 15.3 Å². The lowest BCUT2D eigenvalue weighted by Crippen LogP contribution is -2.47. The summed E-state index contributed by atoms with van der Waals surface area (Å²) in [4.78, 5) is 32.0. The Kier molecular flexibility index (Phi) is 10.8. The Bertz CT molecular complexity index is 1670. The normalized spacial score (nSPS) is 23.3. The summed E-state index contributed by atoms with van der Waals surface area (Å²) in [6.45, 7) is 6.44. The van der Waals surface area contributed by atoms with E-state index in [1.807, 2.05) is 48.5 Å². The number of hydrogen-bond acceptors (Lipinski definition) is 6. The van der Waals surface area contributed by atoms with Gasteiger partial charge in [-0.15, -0.1) is 0 Å². The van der Waals surface area contributed by atoms with Gasteiger partial charge in [-0.3, -0.25) is 19.4 Å². The molecule has 48 heavy (non-hydrogen) atoms. The van der Waals surface area contributed by atoms with E-state index in [1.165, 1.54) is 11.1 Å². The minimum atomic E-state index is -0.811. The van der Waals surface area contributed by atoms with Crippen molar-refractivity contribution in [3.05, 3.63) is 94.6 Å². The fourth-order valence-corrected chi connectivity index (χ4v) is 8.54. The van der Waals surface area contributed by atoms with Crippen molar-refractivity contribution in [2.24, 2.45) is 17.8 Å². The van der Waals surface area contributed by atoms with Crippen LogP contribution in [-0.4, -0.2) is 68.8 Å². The highest BCUT2D eigenvalue weighted by atomic mass is 16.3. The van der Waals surface area contributed by atoms with Crippen molar-refractivity contribution in [3.63, 3.8) is 0 Å². The molecule has 2 amide bonds. The SMILES string of the molecule is CCCC1=C([C@H](O)CC/C(=C/c2ccc(O)c3ccccc23)CC)[C@H](CO)[C@@H]2C(=O)N(C3CCN(Cc4ccccc4)CC3)C(=O)[C@@H]2C1. The quantitative estimate of drug-likeness (QED) is 0.146. The van der Waals surface area contributed by atoms with E-state index >= 15 is 0 Å². The second-order valence-electron chi connectivity index (χ2n) is 13.9. The molecular weight excluding hydrogens is 600 g/mol. The number of benzene rings is 3. The van der Waals surface area contributed by atoms with Crippen LogP contribution in [0.5, 0.6) is 5.75 Å². The Morgan fingerprint density at radius 3 is 2.33 bits per heavy atom. The summed E-state index contributed by atoms with van der Waals surface area (Å²) >= 11 is 0. The zero-order valence-electron chi connectivity index (χ0n) is 28.4. The number of aliphatic hydroxyl groups is 2. The third-order valence-corrected chi connectivity index (χ3v) is 11.0. The number of nitrogens with zero attached hydrogens (tertiary/aromatic N) is 2. The molecule has 2 saturated heterocycles. The van der Waals surface area contributed by atoms with E-state index in [1.54, 1.807) is 11.0 Å². The number of aromatic hydroxyl groups is 1. The number of imide groups is 1. The minimum absolute atomic E-state index is 0.0931. The van der Waals surface area contributed by atoms with Crippen LogP contribution in [0.15, 0.2) is 83.4 Å². The number of fused-ring (bicyclic) bond motifs is 2. The van der Waals surface area contributed by atoms with Gasteiger partial charge in [0.05, 0.1) is 24.5 Å². The number of phenols is 1. The van der Waals surface area contributed by atoms with E-state index < -0.39 is 23.9 Å². The first-order valence-corrected chi connectivity index (χ1v) is 17.9. The molecule has 0 bridgehead atoms. The minimum Gasteiger partial charge on any atom is -0.507 e. The molecule has 0 radical (unpaired) electrons. The van der Waals surface area contributed by atoms with Gasteiger partial charge in [-0.05, 0) is 73.1 Å². The average Bonchev–Trinajstić information content (AvgIpc) is 3.36. The van der Waals surface area contributed by atoms with Crippen LogP contribution in [0.2, 0.25) is 0 Å². The van der Waals surface area contributed by atoms with Crippen molar-refractivity contribution >= 4 is 28.7 Å². The highest BCUT2D eigenvalue weighted by molar-refractivity contribution is 6.06. The number of phenolic OH excluding ortho intramolecular Hbond substituents is 1. The molecule has 2 heterocycles. The molecule has 7 nitrogen and oxygen atoms in total. The lowest BCUT2D eigenvalue weighted by atomic mass is 9.67. The first-order valence-electron chi connectivity index (χ1n) is 17.9. The summed E-state index contributed by atoms with van der Waals surface area (Å²) < 4.78 is 0. The van der Waals surface area contributed by atoms with Gasteiger partial charge in [0.2, 0.25) is 11.8 Å². The number of likely N-dealkylation sites (tertiary alicyclic amines) is 2. The maximum absolute atomic E-state index is 14.1. The molecule has 3 aromatic rings. The fourth-order valence-electron chi connectivity index (χ4n) is 8.54. The van der Waals surface area contributed by atoms with Gasteiger partial charge in [-0.2, -0.15) is 0 Å². The van der Waals surface area contributed by atoms with Crippen LogP contribution in [0, 0.1) is 17.8 Å². The van der Waals surface area contributed by atoms with Gasteiger partial charge in [-0.25, -0.2) is 0 Å². The zero-order valence-corrected chi connectivity index (χ0v) is 28.4. The summed E-state index contributed by atoms with van der Waals surface area (Å²) in [5.74, 6) is -1.66. The highest BCUT2D eigenvalue weighted by Gasteiger charge is 2.56. The lowest BCUT2D eigenvalue weighted by molar-refractivity contribution is -0.144. The van der Waals surface area contributed by atoms with Crippen molar-refractivity contribution < 1.29 is 24.9 Å². The molecule has 254 valence electrons. The van der Waals surface area contributed by atoms with Crippen molar-refractivity contribution in [2.75, 3.05) is 19.7 Å².